The number of rotatable bonds is 5. The minimum Gasteiger partial charge on any atom is -0.480 e. The molecule has 0 aliphatic heterocycles. The molecule has 2 N–H and O–H groups in total. The summed E-state index contributed by atoms with van der Waals surface area (Å²) in [5.74, 6) is -0.0381. The summed E-state index contributed by atoms with van der Waals surface area (Å²) >= 11 is 5.69. The summed E-state index contributed by atoms with van der Waals surface area (Å²) in [6.07, 6.45) is 2.04. The van der Waals surface area contributed by atoms with Crippen LogP contribution in [0.4, 0.5) is 5.82 Å². The number of aromatic nitrogens is 1. The summed E-state index contributed by atoms with van der Waals surface area (Å²) in [5.41, 5.74) is 0. The maximum atomic E-state index is 11.0. The minimum absolute atomic E-state index is 0.306. The zero-order valence-corrected chi connectivity index (χ0v) is 10.0. The Hall–Kier alpha value is -1.29. The van der Waals surface area contributed by atoms with Gasteiger partial charge in [0.25, 0.3) is 0 Å². The van der Waals surface area contributed by atoms with E-state index in [1.807, 2.05) is 13.8 Å². The number of carboxylic acid groups (broad SMARTS) is 1. The Balaban J connectivity index is 2.68. The van der Waals surface area contributed by atoms with Crippen LogP contribution in [0.1, 0.15) is 20.3 Å². The molecule has 0 aliphatic carbocycles. The lowest BCUT2D eigenvalue weighted by atomic mass is 10.0. The Morgan fingerprint density at radius 3 is 2.69 bits per heavy atom. The maximum absolute atomic E-state index is 11.0. The third-order valence-corrected chi connectivity index (χ3v) is 2.28. The van der Waals surface area contributed by atoms with Crippen LogP contribution in [0.5, 0.6) is 0 Å². The van der Waals surface area contributed by atoms with Crippen molar-refractivity contribution in [1.82, 2.24) is 4.98 Å². The first-order chi connectivity index (χ1) is 7.49. The summed E-state index contributed by atoms with van der Waals surface area (Å²) in [4.78, 5) is 15.0. The molecule has 0 fully saturated rings. The Morgan fingerprint density at radius 1 is 1.56 bits per heavy atom. The Bertz CT molecular complexity index is 352. The number of carboxylic acids is 1. The fraction of sp³-hybridized carbons (Fsp3) is 0.455. The van der Waals surface area contributed by atoms with Crippen molar-refractivity contribution in [2.24, 2.45) is 5.92 Å². The second-order valence-corrected chi connectivity index (χ2v) is 4.46. The molecular weight excluding hydrogens is 228 g/mol. The summed E-state index contributed by atoms with van der Waals surface area (Å²) in [6.45, 7) is 3.96. The molecular formula is C11H15ClN2O2. The van der Waals surface area contributed by atoms with Gasteiger partial charge in [0.15, 0.2) is 0 Å². The third kappa shape index (κ3) is 4.06. The summed E-state index contributed by atoms with van der Waals surface area (Å²) in [6, 6.07) is 2.72. The maximum Gasteiger partial charge on any atom is 0.326 e. The van der Waals surface area contributed by atoms with E-state index in [0.29, 0.717) is 23.2 Å². The van der Waals surface area contributed by atoms with Crippen LogP contribution in [0, 0.1) is 5.92 Å². The number of pyridine rings is 1. The van der Waals surface area contributed by atoms with Crippen molar-refractivity contribution in [2.45, 2.75) is 26.3 Å². The third-order valence-electron chi connectivity index (χ3n) is 2.05. The summed E-state index contributed by atoms with van der Waals surface area (Å²) in [7, 11) is 0. The highest BCUT2D eigenvalue weighted by Crippen LogP contribution is 2.13. The van der Waals surface area contributed by atoms with E-state index in [1.165, 1.54) is 6.20 Å². The summed E-state index contributed by atoms with van der Waals surface area (Å²) in [5, 5.41) is 12.4. The van der Waals surface area contributed by atoms with Gasteiger partial charge in [-0.2, -0.15) is 0 Å². The predicted molar refractivity (Wildman–Crippen MR) is 63.7 cm³/mol. The number of nitrogens with one attached hydrogen (secondary N) is 1. The molecule has 1 aromatic rings. The average Bonchev–Trinajstić information content (AvgIpc) is 2.19. The number of nitrogens with zero attached hydrogens (tertiary/aromatic N) is 1. The normalized spacial score (nSPS) is 12.5. The number of hydrogen-bond donors (Lipinski definition) is 2. The van der Waals surface area contributed by atoms with Gasteiger partial charge in [0, 0.05) is 6.20 Å². The fourth-order valence-corrected chi connectivity index (χ4v) is 1.44. The van der Waals surface area contributed by atoms with Crippen molar-refractivity contribution in [3.05, 3.63) is 23.4 Å². The molecule has 1 aromatic heterocycles. The number of carbonyl (C=O) groups is 1. The molecule has 4 nitrogen and oxygen atoms in total. The molecule has 0 amide bonds. The second-order valence-electron chi connectivity index (χ2n) is 4.03. The van der Waals surface area contributed by atoms with E-state index >= 15 is 0 Å². The lowest BCUT2D eigenvalue weighted by molar-refractivity contribution is -0.138. The Labute approximate surface area is 99.6 Å². The van der Waals surface area contributed by atoms with Gasteiger partial charge in [0.05, 0.1) is 5.02 Å². The highest BCUT2D eigenvalue weighted by atomic mass is 35.5. The van der Waals surface area contributed by atoms with Gasteiger partial charge in [-0.15, -0.1) is 0 Å². The van der Waals surface area contributed by atoms with Crippen molar-refractivity contribution >= 4 is 23.4 Å². The van der Waals surface area contributed by atoms with Crippen molar-refractivity contribution < 1.29 is 9.90 Å². The van der Waals surface area contributed by atoms with E-state index < -0.39 is 12.0 Å². The Kier molecular flexibility index (Phi) is 4.55. The molecule has 0 unspecified atom stereocenters. The van der Waals surface area contributed by atoms with E-state index in [4.69, 9.17) is 16.7 Å². The molecule has 0 bridgehead atoms. The SMILES string of the molecule is CC(C)C[C@@H](Nc1ccc(Cl)cn1)C(=O)O. The first kappa shape index (κ1) is 12.8. The largest absolute Gasteiger partial charge is 0.480 e. The highest BCUT2D eigenvalue weighted by molar-refractivity contribution is 6.30. The van der Waals surface area contributed by atoms with Gasteiger partial charge >= 0.3 is 5.97 Å². The lowest BCUT2D eigenvalue weighted by Gasteiger charge is -2.16. The smallest absolute Gasteiger partial charge is 0.326 e. The van der Waals surface area contributed by atoms with Crippen LogP contribution in [0.25, 0.3) is 0 Å². The molecule has 0 aliphatic rings. The van der Waals surface area contributed by atoms with E-state index in [1.54, 1.807) is 12.1 Å². The molecule has 0 radical (unpaired) electrons. The molecule has 1 atom stereocenters. The van der Waals surface area contributed by atoms with E-state index in [9.17, 15) is 4.79 Å². The van der Waals surface area contributed by atoms with Crippen LogP contribution in [0.2, 0.25) is 5.02 Å². The molecule has 0 saturated heterocycles. The van der Waals surface area contributed by atoms with Crippen molar-refractivity contribution in [3.63, 3.8) is 0 Å². The van der Waals surface area contributed by atoms with Crippen LogP contribution < -0.4 is 5.32 Å². The van der Waals surface area contributed by atoms with Gasteiger partial charge in [-0.05, 0) is 24.5 Å². The number of hydrogen-bond acceptors (Lipinski definition) is 3. The van der Waals surface area contributed by atoms with Crippen molar-refractivity contribution in [2.75, 3.05) is 5.32 Å². The minimum atomic E-state index is -0.870. The monoisotopic (exact) mass is 242 g/mol. The van der Waals surface area contributed by atoms with Crippen LogP contribution >= 0.6 is 11.6 Å². The number of aliphatic carboxylic acids is 1. The fourth-order valence-electron chi connectivity index (χ4n) is 1.33. The molecule has 88 valence electrons. The van der Waals surface area contributed by atoms with Gasteiger partial charge in [-0.25, -0.2) is 9.78 Å². The molecule has 0 spiro atoms. The van der Waals surface area contributed by atoms with E-state index in [0.717, 1.165) is 0 Å². The zero-order valence-electron chi connectivity index (χ0n) is 9.27. The van der Waals surface area contributed by atoms with E-state index in [2.05, 4.69) is 10.3 Å². The molecule has 5 heteroatoms. The summed E-state index contributed by atoms with van der Waals surface area (Å²) < 4.78 is 0. The van der Waals surface area contributed by atoms with Gasteiger partial charge in [0.1, 0.15) is 11.9 Å². The van der Waals surface area contributed by atoms with Gasteiger partial charge < -0.3 is 10.4 Å². The van der Waals surface area contributed by atoms with Crippen LogP contribution in [-0.4, -0.2) is 22.1 Å². The van der Waals surface area contributed by atoms with E-state index in [-0.39, 0.29) is 0 Å². The number of anilines is 1. The molecule has 16 heavy (non-hydrogen) atoms. The van der Waals surface area contributed by atoms with Crippen LogP contribution in [-0.2, 0) is 4.79 Å². The second kappa shape index (κ2) is 5.70. The van der Waals surface area contributed by atoms with Gasteiger partial charge in [-0.1, -0.05) is 25.4 Å². The van der Waals surface area contributed by atoms with Crippen LogP contribution in [0.3, 0.4) is 0 Å². The topological polar surface area (TPSA) is 62.2 Å². The van der Waals surface area contributed by atoms with Crippen molar-refractivity contribution in [3.8, 4) is 0 Å². The molecule has 0 saturated carbocycles. The average molecular weight is 243 g/mol. The lowest BCUT2D eigenvalue weighted by Crippen LogP contribution is -2.31. The first-order valence-electron chi connectivity index (χ1n) is 5.10. The van der Waals surface area contributed by atoms with Gasteiger partial charge in [0.2, 0.25) is 0 Å². The van der Waals surface area contributed by atoms with Crippen LogP contribution in [0.15, 0.2) is 18.3 Å². The van der Waals surface area contributed by atoms with Gasteiger partial charge in [-0.3, -0.25) is 0 Å². The quantitative estimate of drug-likeness (QED) is 0.833. The number of halogens is 1. The molecule has 1 rings (SSSR count). The molecule has 0 aromatic carbocycles. The highest BCUT2D eigenvalue weighted by Gasteiger charge is 2.18. The molecule has 1 heterocycles. The van der Waals surface area contributed by atoms with Crippen molar-refractivity contribution in [1.29, 1.82) is 0 Å². The zero-order chi connectivity index (χ0) is 12.1. The Morgan fingerprint density at radius 2 is 2.25 bits per heavy atom. The first-order valence-corrected chi connectivity index (χ1v) is 5.47. The predicted octanol–water partition coefficient (Wildman–Crippen LogP) is 2.65. The standard InChI is InChI=1S/C11H15ClN2O2/c1-7(2)5-9(11(15)16)14-10-4-3-8(12)6-13-10/h3-4,6-7,9H,5H2,1-2H3,(H,13,14)(H,15,16)/t9-/m1/s1.